The fourth-order valence-electron chi connectivity index (χ4n) is 1.71. The molecule has 0 fully saturated rings. The summed E-state index contributed by atoms with van der Waals surface area (Å²) in [7, 11) is 0. The van der Waals surface area contributed by atoms with E-state index in [1.807, 2.05) is 13.8 Å². The number of halogens is 4. The Kier molecular flexibility index (Phi) is 4.38. The smallest absolute Gasteiger partial charge is 0.337 e. The summed E-state index contributed by atoms with van der Waals surface area (Å²) in [5.74, 6) is 0.0299. The number of nitrogens with zero attached hydrogens (tertiary/aromatic N) is 2. The normalized spacial score (nSPS) is 13.7. The van der Waals surface area contributed by atoms with E-state index in [0.717, 1.165) is 6.07 Å². The van der Waals surface area contributed by atoms with Gasteiger partial charge in [-0.25, -0.2) is 0 Å². The average Bonchev–Trinajstić information content (AvgIpc) is 2.86. The van der Waals surface area contributed by atoms with Gasteiger partial charge in [0, 0.05) is 10.0 Å². The number of rotatable bonds is 3. The van der Waals surface area contributed by atoms with Crippen molar-refractivity contribution in [1.82, 2.24) is 10.1 Å². The summed E-state index contributed by atoms with van der Waals surface area (Å²) in [4.78, 5) is 3.99. The molecule has 0 aliphatic rings. The Morgan fingerprint density at radius 1 is 1.29 bits per heavy atom. The van der Waals surface area contributed by atoms with Crippen LogP contribution >= 0.6 is 15.9 Å². The Labute approximate surface area is 127 Å². The molecule has 1 heterocycles. The lowest BCUT2D eigenvalue weighted by atomic mass is 10.1. The van der Waals surface area contributed by atoms with Crippen molar-refractivity contribution in [3.05, 3.63) is 34.1 Å². The molecule has 1 atom stereocenters. The molecule has 0 spiro atoms. The van der Waals surface area contributed by atoms with Gasteiger partial charge in [-0.05, 0) is 24.1 Å². The Balaban J connectivity index is 2.48. The second kappa shape index (κ2) is 5.76. The van der Waals surface area contributed by atoms with E-state index in [-0.39, 0.29) is 23.2 Å². The van der Waals surface area contributed by atoms with E-state index in [2.05, 4.69) is 26.1 Å². The number of aromatic nitrogens is 2. The first-order chi connectivity index (χ1) is 9.70. The molecule has 2 N–H and O–H groups in total. The molecule has 114 valence electrons. The monoisotopic (exact) mass is 363 g/mol. The average molecular weight is 364 g/mol. The van der Waals surface area contributed by atoms with Gasteiger partial charge in [-0.2, -0.15) is 18.2 Å². The van der Waals surface area contributed by atoms with Crippen molar-refractivity contribution in [2.45, 2.75) is 26.1 Å². The summed E-state index contributed by atoms with van der Waals surface area (Å²) >= 11 is 3.02. The number of hydrogen-bond donors (Lipinski definition) is 1. The van der Waals surface area contributed by atoms with Gasteiger partial charge >= 0.3 is 6.18 Å². The van der Waals surface area contributed by atoms with Crippen molar-refractivity contribution < 1.29 is 17.7 Å². The van der Waals surface area contributed by atoms with Gasteiger partial charge in [0.1, 0.15) is 0 Å². The third kappa shape index (κ3) is 3.44. The molecular weight excluding hydrogens is 351 g/mol. The van der Waals surface area contributed by atoms with Crippen molar-refractivity contribution in [3.63, 3.8) is 0 Å². The van der Waals surface area contributed by atoms with Crippen LogP contribution in [0.3, 0.4) is 0 Å². The Morgan fingerprint density at radius 2 is 1.95 bits per heavy atom. The van der Waals surface area contributed by atoms with Gasteiger partial charge < -0.3 is 10.3 Å². The molecule has 0 aliphatic carbocycles. The second-order valence-corrected chi connectivity index (χ2v) is 5.83. The molecule has 0 aliphatic heterocycles. The largest absolute Gasteiger partial charge is 0.417 e. The molecule has 0 saturated heterocycles. The third-order valence-electron chi connectivity index (χ3n) is 2.97. The van der Waals surface area contributed by atoms with Crippen molar-refractivity contribution >= 4 is 15.9 Å². The van der Waals surface area contributed by atoms with E-state index in [0.29, 0.717) is 4.47 Å². The summed E-state index contributed by atoms with van der Waals surface area (Å²) in [5.41, 5.74) is 4.88. The maximum atomic E-state index is 13.1. The lowest BCUT2D eigenvalue weighted by molar-refractivity contribution is -0.137. The lowest BCUT2D eigenvalue weighted by Gasteiger charge is -2.11. The van der Waals surface area contributed by atoms with Crippen LogP contribution in [-0.4, -0.2) is 10.1 Å². The van der Waals surface area contributed by atoms with Gasteiger partial charge in [-0.1, -0.05) is 34.9 Å². The maximum absolute atomic E-state index is 13.1. The number of hydrogen-bond acceptors (Lipinski definition) is 4. The highest BCUT2D eigenvalue weighted by atomic mass is 79.9. The Hall–Kier alpha value is -1.41. The van der Waals surface area contributed by atoms with Gasteiger partial charge in [-0.15, -0.1) is 0 Å². The third-order valence-corrected chi connectivity index (χ3v) is 3.47. The number of benzene rings is 1. The molecule has 4 nitrogen and oxygen atoms in total. The predicted molar refractivity (Wildman–Crippen MR) is 74.2 cm³/mol. The quantitative estimate of drug-likeness (QED) is 0.888. The summed E-state index contributed by atoms with van der Waals surface area (Å²) in [5, 5.41) is 3.61. The summed E-state index contributed by atoms with van der Waals surface area (Å²) in [6, 6.07) is 3.25. The van der Waals surface area contributed by atoms with Gasteiger partial charge in [-0.3, -0.25) is 0 Å². The van der Waals surface area contributed by atoms with Crippen molar-refractivity contribution in [1.29, 1.82) is 0 Å². The van der Waals surface area contributed by atoms with Crippen molar-refractivity contribution in [2.24, 2.45) is 11.7 Å². The van der Waals surface area contributed by atoms with Crippen LogP contribution in [0.2, 0.25) is 0 Å². The first-order valence-corrected chi connectivity index (χ1v) is 6.95. The standard InChI is InChI=1S/C13H13BrF3N3O/c1-6(2)10(18)12-19-11(20-21-12)8-4-3-7(14)5-9(8)13(15,16)17/h3-6,10H,18H2,1-2H3. The first-order valence-electron chi connectivity index (χ1n) is 6.16. The van der Waals surface area contributed by atoms with Crippen LogP contribution < -0.4 is 5.73 Å². The summed E-state index contributed by atoms with van der Waals surface area (Å²) in [6.45, 7) is 3.71. The van der Waals surface area contributed by atoms with Gasteiger partial charge in [0.15, 0.2) is 0 Å². The maximum Gasteiger partial charge on any atom is 0.417 e. The highest BCUT2D eigenvalue weighted by molar-refractivity contribution is 9.10. The van der Waals surface area contributed by atoms with Crippen LogP contribution in [0, 0.1) is 5.92 Å². The molecule has 0 saturated carbocycles. The second-order valence-electron chi connectivity index (χ2n) is 4.91. The topological polar surface area (TPSA) is 64.9 Å². The van der Waals surface area contributed by atoms with E-state index in [1.54, 1.807) is 0 Å². The van der Waals surface area contributed by atoms with E-state index < -0.39 is 17.8 Å². The zero-order valence-electron chi connectivity index (χ0n) is 11.3. The first kappa shape index (κ1) is 16.0. The zero-order chi connectivity index (χ0) is 15.8. The number of alkyl halides is 3. The summed E-state index contributed by atoms with van der Waals surface area (Å²) < 4.78 is 44.5. The van der Waals surface area contributed by atoms with Crippen LogP contribution in [-0.2, 0) is 6.18 Å². The molecule has 8 heteroatoms. The molecular formula is C13H13BrF3N3O. The molecule has 2 rings (SSSR count). The van der Waals surface area contributed by atoms with Gasteiger partial charge in [0.25, 0.3) is 0 Å². The number of nitrogens with two attached hydrogens (primary N) is 1. The van der Waals surface area contributed by atoms with Crippen molar-refractivity contribution in [3.8, 4) is 11.4 Å². The Bertz CT molecular complexity index is 640. The van der Waals surface area contributed by atoms with Crippen LogP contribution in [0.4, 0.5) is 13.2 Å². The molecule has 0 radical (unpaired) electrons. The van der Waals surface area contributed by atoms with Gasteiger partial charge in [0.2, 0.25) is 11.7 Å². The predicted octanol–water partition coefficient (Wildman–Crippen LogP) is 4.17. The van der Waals surface area contributed by atoms with Crippen LogP contribution in [0.15, 0.2) is 27.2 Å². The fraction of sp³-hybridized carbons (Fsp3) is 0.385. The SMILES string of the molecule is CC(C)C(N)c1nc(-c2ccc(Br)cc2C(F)(F)F)no1. The van der Waals surface area contributed by atoms with E-state index in [9.17, 15) is 13.2 Å². The molecule has 0 bridgehead atoms. The van der Waals surface area contributed by atoms with E-state index in [4.69, 9.17) is 10.3 Å². The molecule has 21 heavy (non-hydrogen) atoms. The van der Waals surface area contributed by atoms with Crippen molar-refractivity contribution in [2.75, 3.05) is 0 Å². The van der Waals surface area contributed by atoms with Gasteiger partial charge in [0.05, 0.1) is 11.6 Å². The summed E-state index contributed by atoms with van der Waals surface area (Å²) in [6.07, 6.45) is -4.51. The van der Waals surface area contributed by atoms with E-state index in [1.165, 1.54) is 12.1 Å². The van der Waals surface area contributed by atoms with Crippen LogP contribution in [0.5, 0.6) is 0 Å². The Morgan fingerprint density at radius 3 is 2.52 bits per heavy atom. The molecule has 1 aromatic carbocycles. The fourth-order valence-corrected chi connectivity index (χ4v) is 2.07. The molecule has 1 aromatic heterocycles. The molecule has 1 unspecified atom stereocenters. The zero-order valence-corrected chi connectivity index (χ0v) is 12.9. The van der Waals surface area contributed by atoms with Crippen LogP contribution in [0.25, 0.3) is 11.4 Å². The lowest BCUT2D eigenvalue weighted by Crippen LogP contribution is -2.17. The highest BCUT2D eigenvalue weighted by Crippen LogP contribution is 2.38. The molecule has 2 aromatic rings. The van der Waals surface area contributed by atoms with Crippen LogP contribution in [0.1, 0.15) is 31.3 Å². The minimum absolute atomic E-state index is 0.0327. The minimum atomic E-state index is -4.51. The minimum Gasteiger partial charge on any atom is -0.337 e. The highest BCUT2D eigenvalue weighted by Gasteiger charge is 2.35. The van der Waals surface area contributed by atoms with E-state index >= 15 is 0 Å². The molecule has 0 amide bonds.